The lowest BCUT2D eigenvalue weighted by atomic mass is 10.1. The molecule has 4 nitrogen and oxygen atoms in total. The van der Waals surface area contributed by atoms with Gasteiger partial charge < -0.3 is 0 Å². The van der Waals surface area contributed by atoms with Gasteiger partial charge in [0, 0.05) is 18.5 Å². The lowest BCUT2D eigenvalue weighted by molar-refractivity contribution is 0.0988. The van der Waals surface area contributed by atoms with E-state index < -0.39 is 10.0 Å². The number of rotatable bonds is 6. The minimum Gasteiger partial charge on any atom is -0.294 e. The van der Waals surface area contributed by atoms with Crippen LogP contribution in [0.3, 0.4) is 0 Å². The highest BCUT2D eigenvalue weighted by Crippen LogP contribution is 2.12. The van der Waals surface area contributed by atoms with Crippen LogP contribution in [-0.4, -0.2) is 20.7 Å². The molecule has 100 valence electrons. The fourth-order valence-electron chi connectivity index (χ4n) is 1.38. The summed E-state index contributed by atoms with van der Waals surface area (Å²) in [5, 5.41) is 0. The van der Waals surface area contributed by atoms with Crippen molar-refractivity contribution >= 4 is 15.8 Å². The molecule has 1 aromatic rings. The van der Waals surface area contributed by atoms with E-state index in [0.717, 1.165) is 0 Å². The smallest absolute Gasteiger partial charge is 0.240 e. The van der Waals surface area contributed by atoms with Crippen LogP contribution >= 0.6 is 0 Å². The molecule has 0 aromatic heterocycles. The van der Waals surface area contributed by atoms with E-state index in [1.165, 1.54) is 12.1 Å². The Morgan fingerprint density at radius 3 is 2.22 bits per heavy atom. The molecule has 0 bridgehead atoms. The summed E-state index contributed by atoms with van der Waals surface area (Å²) < 4.78 is 26.3. The fraction of sp³-hybridized carbons (Fsp3) is 0.462. The van der Waals surface area contributed by atoms with Crippen molar-refractivity contribution in [3.05, 3.63) is 29.8 Å². The standard InChI is InChI=1S/C13H19NO3S/c1-4-13(15)11-5-7-12(8-6-11)18(16,17)14-9-10(2)3/h5-8,10,14H,4,9H2,1-3H3. The maximum Gasteiger partial charge on any atom is 0.240 e. The highest BCUT2D eigenvalue weighted by atomic mass is 32.2. The minimum absolute atomic E-state index is 0.00841. The summed E-state index contributed by atoms with van der Waals surface area (Å²) >= 11 is 0. The fourth-order valence-corrected chi connectivity index (χ4v) is 2.60. The van der Waals surface area contributed by atoms with E-state index in [0.29, 0.717) is 18.5 Å². The first-order chi connectivity index (χ1) is 8.36. The Morgan fingerprint density at radius 1 is 1.22 bits per heavy atom. The number of ketones is 1. The number of hydrogen-bond acceptors (Lipinski definition) is 3. The van der Waals surface area contributed by atoms with E-state index in [-0.39, 0.29) is 16.6 Å². The van der Waals surface area contributed by atoms with Crippen LogP contribution in [0.4, 0.5) is 0 Å². The molecule has 0 spiro atoms. The van der Waals surface area contributed by atoms with Gasteiger partial charge in [-0.25, -0.2) is 13.1 Å². The van der Waals surface area contributed by atoms with E-state index in [2.05, 4.69) is 4.72 Å². The zero-order valence-corrected chi connectivity index (χ0v) is 11.8. The van der Waals surface area contributed by atoms with Crippen LogP contribution in [0.5, 0.6) is 0 Å². The van der Waals surface area contributed by atoms with Gasteiger partial charge in [-0.15, -0.1) is 0 Å². The lowest BCUT2D eigenvalue weighted by Gasteiger charge is -2.09. The maximum absolute atomic E-state index is 11.9. The van der Waals surface area contributed by atoms with Gasteiger partial charge in [0.2, 0.25) is 10.0 Å². The van der Waals surface area contributed by atoms with Crippen LogP contribution in [0.2, 0.25) is 0 Å². The van der Waals surface area contributed by atoms with Crippen molar-refractivity contribution in [3.8, 4) is 0 Å². The lowest BCUT2D eigenvalue weighted by Crippen LogP contribution is -2.27. The van der Waals surface area contributed by atoms with Gasteiger partial charge in [-0.3, -0.25) is 4.79 Å². The molecule has 0 atom stereocenters. The molecule has 0 fully saturated rings. The van der Waals surface area contributed by atoms with Crippen molar-refractivity contribution in [1.82, 2.24) is 4.72 Å². The van der Waals surface area contributed by atoms with E-state index in [1.54, 1.807) is 19.1 Å². The molecule has 1 rings (SSSR count). The molecule has 1 N–H and O–H groups in total. The van der Waals surface area contributed by atoms with E-state index in [4.69, 9.17) is 0 Å². The molecule has 18 heavy (non-hydrogen) atoms. The second-order valence-corrected chi connectivity index (χ2v) is 6.31. The zero-order chi connectivity index (χ0) is 13.8. The van der Waals surface area contributed by atoms with Gasteiger partial charge in [0.05, 0.1) is 4.90 Å². The van der Waals surface area contributed by atoms with Gasteiger partial charge in [-0.2, -0.15) is 0 Å². The first-order valence-corrected chi connectivity index (χ1v) is 7.48. The maximum atomic E-state index is 11.9. The quantitative estimate of drug-likeness (QED) is 0.805. The molecule has 0 unspecified atom stereocenters. The SMILES string of the molecule is CCC(=O)c1ccc(S(=O)(=O)NCC(C)C)cc1. The summed E-state index contributed by atoms with van der Waals surface area (Å²) in [7, 11) is -3.47. The molecular weight excluding hydrogens is 250 g/mol. The Hall–Kier alpha value is -1.20. The summed E-state index contributed by atoms with van der Waals surface area (Å²) in [5.41, 5.74) is 0.542. The average Bonchev–Trinajstić information content (AvgIpc) is 2.36. The highest BCUT2D eigenvalue weighted by molar-refractivity contribution is 7.89. The zero-order valence-electron chi connectivity index (χ0n) is 10.9. The molecule has 0 aliphatic rings. The van der Waals surface area contributed by atoms with Crippen LogP contribution in [-0.2, 0) is 10.0 Å². The molecule has 0 heterocycles. The second-order valence-electron chi connectivity index (χ2n) is 4.55. The third-order valence-corrected chi connectivity index (χ3v) is 3.93. The van der Waals surface area contributed by atoms with Crippen molar-refractivity contribution in [1.29, 1.82) is 0 Å². The predicted octanol–water partition coefficient (Wildman–Crippen LogP) is 2.21. The third-order valence-electron chi connectivity index (χ3n) is 2.49. The van der Waals surface area contributed by atoms with Crippen molar-refractivity contribution in [2.24, 2.45) is 5.92 Å². The van der Waals surface area contributed by atoms with Crippen LogP contribution in [0, 0.1) is 5.92 Å². The van der Waals surface area contributed by atoms with Crippen molar-refractivity contribution in [3.63, 3.8) is 0 Å². The highest BCUT2D eigenvalue weighted by Gasteiger charge is 2.14. The van der Waals surface area contributed by atoms with E-state index in [1.807, 2.05) is 13.8 Å². The number of Topliss-reactive ketones (excluding diaryl/α,β-unsaturated/α-hetero) is 1. The summed E-state index contributed by atoms with van der Waals surface area (Å²) in [5.74, 6) is 0.259. The summed E-state index contributed by atoms with van der Waals surface area (Å²) in [6, 6.07) is 6.03. The molecule has 0 saturated carbocycles. The number of sulfonamides is 1. The van der Waals surface area contributed by atoms with Crippen LogP contribution in [0.25, 0.3) is 0 Å². The summed E-state index contributed by atoms with van der Waals surface area (Å²) in [6.45, 7) is 6.05. The molecule has 1 aromatic carbocycles. The van der Waals surface area contributed by atoms with Gasteiger partial charge in [0.15, 0.2) is 5.78 Å². The Bertz CT molecular complexity index is 504. The van der Waals surface area contributed by atoms with Crippen molar-refractivity contribution < 1.29 is 13.2 Å². The van der Waals surface area contributed by atoms with E-state index in [9.17, 15) is 13.2 Å². The number of carbonyl (C=O) groups is 1. The predicted molar refractivity (Wildman–Crippen MR) is 71.1 cm³/mol. The number of nitrogens with one attached hydrogen (secondary N) is 1. The first-order valence-electron chi connectivity index (χ1n) is 5.99. The monoisotopic (exact) mass is 269 g/mol. The molecule has 0 aliphatic heterocycles. The number of benzene rings is 1. The topological polar surface area (TPSA) is 63.2 Å². The Labute approximate surface area is 108 Å². The molecule has 0 amide bonds. The van der Waals surface area contributed by atoms with Crippen molar-refractivity contribution in [2.45, 2.75) is 32.1 Å². The molecule has 0 aliphatic carbocycles. The summed E-state index contributed by atoms with van der Waals surface area (Å²) in [6.07, 6.45) is 0.414. The van der Waals surface area contributed by atoms with Gasteiger partial charge in [-0.05, 0) is 18.1 Å². The van der Waals surface area contributed by atoms with Gasteiger partial charge in [-0.1, -0.05) is 32.9 Å². The largest absolute Gasteiger partial charge is 0.294 e. The Kier molecular flexibility index (Phi) is 5.04. The Morgan fingerprint density at radius 2 is 1.78 bits per heavy atom. The molecule has 0 saturated heterocycles. The molecule has 5 heteroatoms. The van der Waals surface area contributed by atoms with Crippen LogP contribution in [0.15, 0.2) is 29.2 Å². The third kappa shape index (κ3) is 3.92. The van der Waals surface area contributed by atoms with Crippen molar-refractivity contribution in [2.75, 3.05) is 6.54 Å². The van der Waals surface area contributed by atoms with Crippen LogP contribution < -0.4 is 4.72 Å². The number of hydrogen-bond donors (Lipinski definition) is 1. The molecule has 0 radical (unpaired) electrons. The van der Waals surface area contributed by atoms with Gasteiger partial charge in [0.1, 0.15) is 0 Å². The van der Waals surface area contributed by atoms with Gasteiger partial charge >= 0.3 is 0 Å². The first kappa shape index (κ1) is 14.9. The average molecular weight is 269 g/mol. The second kappa shape index (κ2) is 6.11. The number of carbonyl (C=O) groups excluding carboxylic acids is 1. The van der Waals surface area contributed by atoms with Gasteiger partial charge in [0.25, 0.3) is 0 Å². The normalized spacial score (nSPS) is 11.8. The van der Waals surface area contributed by atoms with E-state index >= 15 is 0 Å². The van der Waals surface area contributed by atoms with Crippen LogP contribution in [0.1, 0.15) is 37.6 Å². The molecular formula is C13H19NO3S. The minimum atomic E-state index is -3.47. The summed E-state index contributed by atoms with van der Waals surface area (Å²) in [4.78, 5) is 11.6. The Balaban J connectivity index is 2.87.